The van der Waals surface area contributed by atoms with Gasteiger partial charge in [0.2, 0.25) is 5.91 Å². The molecular formula is C16H17BrN2O. The second-order valence-corrected chi connectivity index (χ2v) is 5.29. The van der Waals surface area contributed by atoms with Crippen molar-refractivity contribution < 1.29 is 4.79 Å². The highest BCUT2D eigenvalue weighted by molar-refractivity contribution is 9.10. The van der Waals surface area contributed by atoms with Gasteiger partial charge in [-0.15, -0.1) is 0 Å². The molecule has 0 saturated carbocycles. The summed E-state index contributed by atoms with van der Waals surface area (Å²) in [7, 11) is 0. The number of amides is 1. The van der Waals surface area contributed by atoms with Crippen LogP contribution in [-0.4, -0.2) is 12.5 Å². The summed E-state index contributed by atoms with van der Waals surface area (Å²) in [6.45, 7) is 2.36. The molecule has 0 aliphatic heterocycles. The monoisotopic (exact) mass is 332 g/mol. The molecule has 0 unspecified atom stereocenters. The Morgan fingerprint density at radius 1 is 1.10 bits per heavy atom. The topological polar surface area (TPSA) is 41.1 Å². The smallest absolute Gasteiger partial charge is 0.243 e. The quantitative estimate of drug-likeness (QED) is 0.866. The van der Waals surface area contributed by atoms with Crippen molar-refractivity contribution in [2.24, 2.45) is 0 Å². The first kappa shape index (κ1) is 14.6. The standard InChI is InChI=1S/C16H17BrN2O/c1-2-12-7-9-13(10-8-12)18-11-16(20)19-15-6-4-3-5-14(15)17/h3-10,18H,2,11H2,1H3,(H,19,20). The number of carbonyl (C=O) groups is 1. The number of anilines is 2. The van der Waals surface area contributed by atoms with Crippen LogP contribution in [-0.2, 0) is 11.2 Å². The number of para-hydroxylation sites is 1. The molecular weight excluding hydrogens is 316 g/mol. The van der Waals surface area contributed by atoms with Gasteiger partial charge in [-0.25, -0.2) is 0 Å². The SMILES string of the molecule is CCc1ccc(NCC(=O)Nc2ccccc2Br)cc1. The van der Waals surface area contributed by atoms with Crippen molar-refractivity contribution >= 4 is 33.2 Å². The number of rotatable bonds is 5. The Kier molecular flexibility index (Phi) is 5.18. The van der Waals surface area contributed by atoms with Gasteiger partial charge in [-0.1, -0.05) is 31.2 Å². The molecule has 0 fully saturated rings. The molecule has 0 spiro atoms. The van der Waals surface area contributed by atoms with Crippen LogP contribution in [0.5, 0.6) is 0 Å². The summed E-state index contributed by atoms with van der Waals surface area (Å²) < 4.78 is 0.876. The molecule has 0 aliphatic carbocycles. The van der Waals surface area contributed by atoms with Gasteiger partial charge in [-0.3, -0.25) is 4.79 Å². The number of aryl methyl sites for hydroxylation is 1. The average Bonchev–Trinajstić information content (AvgIpc) is 2.48. The highest BCUT2D eigenvalue weighted by Gasteiger charge is 2.04. The second-order valence-electron chi connectivity index (χ2n) is 4.43. The van der Waals surface area contributed by atoms with Crippen LogP contribution in [0.1, 0.15) is 12.5 Å². The Bertz CT molecular complexity index is 581. The van der Waals surface area contributed by atoms with Crippen LogP contribution in [0, 0.1) is 0 Å². The summed E-state index contributed by atoms with van der Waals surface area (Å²) in [4.78, 5) is 11.9. The Morgan fingerprint density at radius 2 is 1.80 bits per heavy atom. The number of nitrogens with one attached hydrogen (secondary N) is 2. The molecule has 2 rings (SSSR count). The highest BCUT2D eigenvalue weighted by Crippen LogP contribution is 2.21. The van der Waals surface area contributed by atoms with Gasteiger partial charge in [-0.2, -0.15) is 0 Å². The summed E-state index contributed by atoms with van der Waals surface area (Å²) in [5.41, 5.74) is 3.01. The second kappa shape index (κ2) is 7.10. The first-order valence-electron chi connectivity index (χ1n) is 6.56. The molecule has 4 heteroatoms. The van der Waals surface area contributed by atoms with Gasteiger partial charge in [-0.05, 0) is 52.2 Å². The summed E-state index contributed by atoms with van der Waals surface area (Å²) in [6, 6.07) is 15.7. The van der Waals surface area contributed by atoms with Crippen molar-refractivity contribution in [1.29, 1.82) is 0 Å². The summed E-state index contributed by atoms with van der Waals surface area (Å²) >= 11 is 3.40. The zero-order valence-corrected chi connectivity index (χ0v) is 12.9. The fourth-order valence-electron chi connectivity index (χ4n) is 1.80. The molecule has 0 bridgehead atoms. The van der Waals surface area contributed by atoms with Crippen LogP contribution in [0.2, 0.25) is 0 Å². The molecule has 2 aromatic carbocycles. The predicted molar refractivity (Wildman–Crippen MR) is 87.1 cm³/mol. The maximum Gasteiger partial charge on any atom is 0.243 e. The lowest BCUT2D eigenvalue weighted by Gasteiger charge is -2.09. The van der Waals surface area contributed by atoms with Gasteiger partial charge in [0, 0.05) is 10.2 Å². The van der Waals surface area contributed by atoms with E-state index >= 15 is 0 Å². The van der Waals surface area contributed by atoms with E-state index in [0.29, 0.717) is 0 Å². The number of hydrogen-bond acceptors (Lipinski definition) is 2. The molecule has 0 saturated heterocycles. The zero-order valence-electron chi connectivity index (χ0n) is 11.3. The fraction of sp³-hybridized carbons (Fsp3) is 0.188. The summed E-state index contributed by atoms with van der Waals surface area (Å²) in [6.07, 6.45) is 1.02. The lowest BCUT2D eigenvalue weighted by molar-refractivity contribution is -0.114. The Hall–Kier alpha value is -1.81. The van der Waals surface area contributed by atoms with Crippen molar-refractivity contribution in [3.05, 3.63) is 58.6 Å². The minimum atomic E-state index is -0.0727. The number of carbonyl (C=O) groups excluding carboxylic acids is 1. The van der Waals surface area contributed by atoms with Crippen molar-refractivity contribution in [1.82, 2.24) is 0 Å². The minimum absolute atomic E-state index is 0.0727. The molecule has 0 aromatic heterocycles. The molecule has 2 N–H and O–H groups in total. The third-order valence-electron chi connectivity index (χ3n) is 2.96. The van der Waals surface area contributed by atoms with Gasteiger partial charge < -0.3 is 10.6 Å². The lowest BCUT2D eigenvalue weighted by Crippen LogP contribution is -2.21. The van der Waals surface area contributed by atoms with Gasteiger partial charge in [0.1, 0.15) is 0 Å². The van der Waals surface area contributed by atoms with Crippen molar-refractivity contribution in [3.8, 4) is 0 Å². The van der Waals surface area contributed by atoms with Crippen LogP contribution in [0.15, 0.2) is 53.0 Å². The van der Waals surface area contributed by atoms with Crippen LogP contribution in [0.4, 0.5) is 11.4 Å². The highest BCUT2D eigenvalue weighted by atomic mass is 79.9. The van der Waals surface area contributed by atoms with E-state index in [1.54, 1.807) is 0 Å². The molecule has 0 atom stereocenters. The first-order valence-corrected chi connectivity index (χ1v) is 7.35. The number of hydrogen-bond donors (Lipinski definition) is 2. The molecule has 2 aromatic rings. The maximum absolute atomic E-state index is 11.9. The molecule has 1 amide bonds. The maximum atomic E-state index is 11.9. The Balaban J connectivity index is 1.87. The van der Waals surface area contributed by atoms with Crippen molar-refractivity contribution in [3.63, 3.8) is 0 Å². The van der Waals surface area contributed by atoms with E-state index in [-0.39, 0.29) is 12.5 Å². The largest absolute Gasteiger partial charge is 0.376 e. The van der Waals surface area contributed by atoms with Gasteiger partial charge in [0.05, 0.1) is 12.2 Å². The van der Waals surface area contributed by atoms with Crippen LogP contribution in [0.3, 0.4) is 0 Å². The summed E-state index contributed by atoms with van der Waals surface area (Å²) in [5.74, 6) is -0.0727. The molecule has 3 nitrogen and oxygen atoms in total. The Morgan fingerprint density at radius 3 is 2.45 bits per heavy atom. The Labute approximate surface area is 127 Å². The molecule has 20 heavy (non-hydrogen) atoms. The van der Waals surface area contributed by atoms with E-state index in [2.05, 4.69) is 45.6 Å². The average molecular weight is 333 g/mol. The van der Waals surface area contributed by atoms with Crippen LogP contribution < -0.4 is 10.6 Å². The number of benzene rings is 2. The number of halogens is 1. The van der Waals surface area contributed by atoms with Crippen LogP contribution >= 0.6 is 15.9 Å². The fourth-order valence-corrected chi connectivity index (χ4v) is 2.18. The van der Waals surface area contributed by atoms with Crippen LogP contribution in [0.25, 0.3) is 0 Å². The predicted octanol–water partition coefficient (Wildman–Crippen LogP) is 4.06. The normalized spacial score (nSPS) is 10.1. The van der Waals surface area contributed by atoms with E-state index in [1.165, 1.54) is 5.56 Å². The van der Waals surface area contributed by atoms with E-state index < -0.39 is 0 Å². The van der Waals surface area contributed by atoms with Crippen molar-refractivity contribution in [2.45, 2.75) is 13.3 Å². The van der Waals surface area contributed by atoms with Gasteiger partial charge >= 0.3 is 0 Å². The van der Waals surface area contributed by atoms with E-state index in [9.17, 15) is 4.79 Å². The van der Waals surface area contributed by atoms with Crippen molar-refractivity contribution in [2.75, 3.05) is 17.2 Å². The van der Waals surface area contributed by atoms with E-state index in [4.69, 9.17) is 0 Å². The third-order valence-corrected chi connectivity index (χ3v) is 3.65. The molecule has 0 aliphatic rings. The molecule has 0 radical (unpaired) electrons. The first-order chi connectivity index (χ1) is 9.69. The molecule has 104 valence electrons. The van der Waals surface area contributed by atoms with Gasteiger partial charge in [0.25, 0.3) is 0 Å². The minimum Gasteiger partial charge on any atom is -0.376 e. The van der Waals surface area contributed by atoms with Gasteiger partial charge in [0.15, 0.2) is 0 Å². The third kappa shape index (κ3) is 4.10. The lowest BCUT2D eigenvalue weighted by atomic mass is 10.1. The zero-order chi connectivity index (χ0) is 14.4. The molecule has 0 heterocycles. The van der Waals surface area contributed by atoms with E-state index in [0.717, 1.165) is 22.3 Å². The summed E-state index contributed by atoms with van der Waals surface area (Å²) in [5, 5.41) is 5.96. The van der Waals surface area contributed by atoms with E-state index in [1.807, 2.05) is 36.4 Å².